The molecule has 1 spiro atoms. The number of sulfonamides is 1. The van der Waals surface area contributed by atoms with Crippen LogP contribution >= 0.6 is 0 Å². The monoisotopic (exact) mass is 369 g/mol. The Kier molecular flexibility index (Phi) is 4.44. The molecule has 1 saturated carbocycles. The molecule has 1 fully saturated rings. The zero-order chi connectivity index (χ0) is 18.4. The van der Waals surface area contributed by atoms with Gasteiger partial charge in [-0.1, -0.05) is 60.7 Å². The minimum atomic E-state index is -3.48. The molecule has 0 radical (unpaired) electrons. The molecular formula is C22H27NO2S. The third kappa shape index (κ3) is 2.99. The minimum absolute atomic E-state index is 0.0166. The number of hydrogen-bond donors (Lipinski definition) is 0. The van der Waals surface area contributed by atoms with Gasteiger partial charge in [0.05, 0.1) is 4.90 Å². The van der Waals surface area contributed by atoms with Crippen LogP contribution in [0.5, 0.6) is 0 Å². The lowest BCUT2D eigenvalue weighted by Crippen LogP contribution is -2.48. The van der Waals surface area contributed by atoms with Crippen LogP contribution in [0.1, 0.15) is 54.4 Å². The van der Waals surface area contributed by atoms with Gasteiger partial charge in [0.15, 0.2) is 0 Å². The van der Waals surface area contributed by atoms with Crippen molar-refractivity contribution in [3.8, 4) is 0 Å². The maximum atomic E-state index is 13.3. The number of fused-ring (bicyclic) bond motifs is 2. The molecule has 0 bridgehead atoms. The van der Waals surface area contributed by atoms with Crippen molar-refractivity contribution < 1.29 is 8.42 Å². The van der Waals surface area contributed by atoms with Crippen molar-refractivity contribution in [3.63, 3.8) is 0 Å². The Labute approximate surface area is 157 Å². The molecule has 26 heavy (non-hydrogen) atoms. The van der Waals surface area contributed by atoms with Crippen LogP contribution in [0.4, 0.5) is 0 Å². The summed E-state index contributed by atoms with van der Waals surface area (Å²) < 4.78 is 28.4. The summed E-state index contributed by atoms with van der Waals surface area (Å²) in [4.78, 5) is 0.408. The molecule has 2 aliphatic rings. The normalized spacial score (nSPS) is 20.1. The summed E-state index contributed by atoms with van der Waals surface area (Å²) >= 11 is 0. The molecule has 0 amide bonds. The fraction of sp³-hybridized carbons (Fsp3) is 0.455. The molecule has 1 heterocycles. The Morgan fingerprint density at radius 2 is 1.54 bits per heavy atom. The highest BCUT2D eigenvalue weighted by molar-refractivity contribution is 7.89. The lowest BCUT2D eigenvalue weighted by atomic mass is 9.66. The van der Waals surface area contributed by atoms with E-state index in [0.717, 1.165) is 18.4 Å². The molecule has 138 valence electrons. The Hall–Kier alpha value is -1.65. The van der Waals surface area contributed by atoms with Gasteiger partial charge in [-0.3, -0.25) is 0 Å². The van der Waals surface area contributed by atoms with Crippen LogP contribution in [0.2, 0.25) is 0 Å². The van der Waals surface area contributed by atoms with Crippen LogP contribution in [0.3, 0.4) is 0 Å². The predicted octanol–water partition coefficient (Wildman–Crippen LogP) is 4.71. The number of aryl methyl sites for hydroxylation is 2. The van der Waals surface area contributed by atoms with Gasteiger partial charge in [-0.25, -0.2) is 8.42 Å². The van der Waals surface area contributed by atoms with E-state index in [9.17, 15) is 8.42 Å². The molecule has 4 heteroatoms. The molecule has 1 aliphatic carbocycles. The van der Waals surface area contributed by atoms with Crippen molar-refractivity contribution >= 4 is 10.0 Å². The van der Waals surface area contributed by atoms with Crippen molar-refractivity contribution in [1.29, 1.82) is 0 Å². The lowest BCUT2D eigenvalue weighted by molar-refractivity contribution is 0.206. The van der Waals surface area contributed by atoms with Gasteiger partial charge in [0.1, 0.15) is 0 Å². The largest absolute Gasteiger partial charge is 0.243 e. The molecule has 3 nitrogen and oxygen atoms in total. The third-order valence-electron chi connectivity index (χ3n) is 6.13. The maximum absolute atomic E-state index is 13.3. The summed E-state index contributed by atoms with van der Waals surface area (Å²) in [7, 11) is -3.48. The van der Waals surface area contributed by atoms with Crippen LogP contribution in [-0.4, -0.2) is 19.3 Å². The van der Waals surface area contributed by atoms with Gasteiger partial charge in [-0.2, -0.15) is 4.31 Å². The van der Waals surface area contributed by atoms with Crippen molar-refractivity contribution in [2.45, 2.75) is 62.8 Å². The zero-order valence-corrected chi connectivity index (χ0v) is 16.5. The first-order valence-electron chi connectivity index (χ1n) is 9.58. The molecule has 0 saturated heterocycles. The van der Waals surface area contributed by atoms with Crippen LogP contribution in [0, 0.1) is 13.8 Å². The first-order chi connectivity index (χ1) is 12.4. The van der Waals surface area contributed by atoms with Gasteiger partial charge in [0.25, 0.3) is 0 Å². The highest BCUT2D eigenvalue weighted by Gasteiger charge is 2.43. The molecule has 0 N–H and O–H groups in total. The van der Waals surface area contributed by atoms with E-state index in [1.807, 2.05) is 19.1 Å². The van der Waals surface area contributed by atoms with Gasteiger partial charge >= 0.3 is 0 Å². The van der Waals surface area contributed by atoms with Gasteiger partial charge in [-0.15, -0.1) is 0 Å². The summed E-state index contributed by atoms with van der Waals surface area (Å²) in [6, 6.07) is 13.9. The lowest BCUT2D eigenvalue weighted by Gasteiger charge is -2.46. The van der Waals surface area contributed by atoms with Crippen LogP contribution in [-0.2, 0) is 22.0 Å². The Morgan fingerprint density at radius 1 is 0.885 bits per heavy atom. The topological polar surface area (TPSA) is 37.4 Å². The van der Waals surface area contributed by atoms with E-state index in [2.05, 4.69) is 25.1 Å². The molecule has 2 aromatic rings. The van der Waals surface area contributed by atoms with Crippen molar-refractivity contribution in [2.75, 3.05) is 6.54 Å². The van der Waals surface area contributed by atoms with Gasteiger partial charge < -0.3 is 0 Å². The second-order valence-corrected chi connectivity index (χ2v) is 10.0. The first-order valence-corrected chi connectivity index (χ1v) is 11.0. The molecule has 0 atom stereocenters. The minimum Gasteiger partial charge on any atom is -0.207 e. The van der Waals surface area contributed by atoms with E-state index in [1.165, 1.54) is 36.0 Å². The Bertz CT molecular complexity index is 910. The molecule has 4 rings (SSSR count). The van der Waals surface area contributed by atoms with Crippen molar-refractivity contribution in [1.82, 2.24) is 4.31 Å². The van der Waals surface area contributed by atoms with Crippen LogP contribution in [0.15, 0.2) is 47.4 Å². The summed E-state index contributed by atoms with van der Waals surface area (Å²) in [5.74, 6) is 0. The van der Waals surface area contributed by atoms with E-state index in [-0.39, 0.29) is 5.41 Å². The van der Waals surface area contributed by atoms with Crippen molar-refractivity contribution in [2.24, 2.45) is 0 Å². The standard InChI is InChI=1S/C22H27NO2S/c1-17-6-9-20(10-7-17)26(24,25)23-15-19-14-18(2)8-11-21(19)22(16-23)12-4-3-5-13-22/h6-11,14H,3-5,12-13,15-16H2,1-2H3. The SMILES string of the molecule is Cc1ccc(S(=O)(=O)N2Cc3cc(C)ccc3C3(CCCCC3)C2)cc1. The van der Waals surface area contributed by atoms with E-state index >= 15 is 0 Å². The van der Waals surface area contributed by atoms with Gasteiger partial charge in [0, 0.05) is 18.5 Å². The highest BCUT2D eigenvalue weighted by Crippen LogP contribution is 2.45. The van der Waals surface area contributed by atoms with E-state index < -0.39 is 10.0 Å². The smallest absolute Gasteiger partial charge is 0.207 e. The average Bonchev–Trinajstić information content (AvgIpc) is 2.62. The second kappa shape index (κ2) is 6.50. The van der Waals surface area contributed by atoms with Gasteiger partial charge in [-0.05, 0) is 49.9 Å². The zero-order valence-electron chi connectivity index (χ0n) is 15.7. The fourth-order valence-corrected chi connectivity index (χ4v) is 6.23. The first kappa shape index (κ1) is 17.7. The highest BCUT2D eigenvalue weighted by atomic mass is 32.2. The number of benzene rings is 2. The van der Waals surface area contributed by atoms with E-state index in [0.29, 0.717) is 18.0 Å². The van der Waals surface area contributed by atoms with E-state index in [1.54, 1.807) is 16.4 Å². The van der Waals surface area contributed by atoms with E-state index in [4.69, 9.17) is 0 Å². The molecular weight excluding hydrogens is 342 g/mol. The number of rotatable bonds is 2. The average molecular weight is 370 g/mol. The Balaban J connectivity index is 1.78. The Morgan fingerprint density at radius 3 is 2.23 bits per heavy atom. The van der Waals surface area contributed by atoms with Gasteiger partial charge in [0.2, 0.25) is 10.0 Å². The second-order valence-electron chi connectivity index (χ2n) is 8.09. The number of nitrogens with zero attached hydrogens (tertiary/aromatic N) is 1. The molecule has 2 aromatic carbocycles. The maximum Gasteiger partial charge on any atom is 0.243 e. The summed E-state index contributed by atoms with van der Waals surface area (Å²) in [5.41, 5.74) is 4.83. The summed E-state index contributed by atoms with van der Waals surface area (Å²) in [6.45, 7) is 5.16. The van der Waals surface area contributed by atoms with Crippen molar-refractivity contribution in [3.05, 3.63) is 64.7 Å². The third-order valence-corrected chi connectivity index (χ3v) is 7.93. The van der Waals surface area contributed by atoms with Crippen LogP contribution in [0.25, 0.3) is 0 Å². The summed E-state index contributed by atoms with van der Waals surface area (Å²) in [5, 5.41) is 0. The molecule has 0 unspecified atom stereocenters. The quantitative estimate of drug-likeness (QED) is 0.769. The summed E-state index contributed by atoms with van der Waals surface area (Å²) in [6.07, 6.45) is 5.80. The van der Waals surface area contributed by atoms with Crippen LogP contribution < -0.4 is 0 Å². The molecule has 1 aliphatic heterocycles. The predicted molar refractivity (Wildman–Crippen MR) is 105 cm³/mol. The fourth-order valence-electron chi connectivity index (χ4n) is 4.72. The molecule has 0 aromatic heterocycles. The number of hydrogen-bond acceptors (Lipinski definition) is 2.